The molecule has 0 radical (unpaired) electrons. The Labute approximate surface area is 96.3 Å². The molecule has 16 heavy (non-hydrogen) atoms. The van der Waals surface area contributed by atoms with Crippen LogP contribution in [0.15, 0.2) is 18.2 Å². The highest BCUT2D eigenvalue weighted by atomic mass is 35.5. The Morgan fingerprint density at radius 1 is 1.31 bits per heavy atom. The summed E-state index contributed by atoms with van der Waals surface area (Å²) in [6.07, 6.45) is 0. The van der Waals surface area contributed by atoms with E-state index in [-0.39, 0.29) is 5.88 Å². The van der Waals surface area contributed by atoms with E-state index >= 15 is 0 Å². The van der Waals surface area contributed by atoms with Crippen LogP contribution in [0.1, 0.15) is 11.4 Å². The van der Waals surface area contributed by atoms with Gasteiger partial charge in [-0.25, -0.2) is 13.8 Å². The number of aromatic nitrogens is 2. The van der Waals surface area contributed by atoms with Gasteiger partial charge in [0.1, 0.15) is 5.82 Å². The Bertz CT molecular complexity index is 523. The van der Waals surface area contributed by atoms with Gasteiger partial charge in [0, 0.05) is 11.3 Å². The van der Waals surface area contributed by atoms with Crippen molar-refractivity contribution in [3.8, 4) is 11.4 Å². The zero-order valence-electron chi connectivity index (χ0n) is 8.52. The molecule has 5 heteroatoms. The molecular weight excluding hydrogens is 234 g/mol. The number of alkyl halides is 1. The molecule has 1 aromatic carbocycles. The van der Waals surface area contributed by atoms with Crippen molar-refractivity contribution < 1.29 is 8.78 Å². The van der Waals surface area contributed by atoms with Gasteiger partial charge in [-0.15, -0.1) is 11.6 Å². The van der Waals surface area contributed by atoms with Crippen LogP contribution in [0.5, 0.6) is 0 Å². The first-order chi connectivity index (χ1) is 7.61. The smallest absolute Gasteiger partial charge is 0.159 e. The van der Waals surface area contributed by atoms with Gasteiger partial charge in [0.05, 0.1) is 11.6 Å². The number of nitrogens with one attached hydrogen (secondary N) is 1. The number of aryl methyl sites for hydroxylation is 1. The number of hydrogen-bond acceptors (Lipinski definition) is 1. The van der Waals surface area contributed by atoms with Crippen molar-refractivity contribution in [3.63, 3.8) is 0 Å². The Balaban J connectivity index is 2.46. The van der Waals surface area contributed by atoms with Gasteiger partial charge < -0.3 is 4.98 Å². The van der Waals surface area contributed by atoms with Crippen molar-refractivity contribution in [2.45, 2.75) is 12.8 Å². The maximum atomic E-state index is 13.0. The van der Waals surface area contributed by atoms with Crippen LogP contribution in [0, 0.1) is 18.6 Å². The Morgan fingerprint density at radius 3 is 2.62 bits per heavy atom. The van der Waals surface area contributed by atoms with Gasteiger partial charge >= 0.3 is 0 Å². The van der Waals surface area contributed by atoms with Crippen molar-refractivity contribution in [1.29, 1.82) is 0 Å². The lowest BCUT2D eigenvalue weighted by atomic mass is 10.2. The van der Waals surface area contributed by atoms with Crippen LogP contribution >= 0.6 is 11.6 Å². The summed E-state index contributed by atoms with van der Waals surface area (Å²) < 4.78 is 25.7. The molecule has 0 unspecified atom stereocenters. The zero-order chi connectivity index (χ0) is 11.7. The van der Waals surface area contributed by atoms with Gasteiger partial charge in [-0.2, -0.15) is 0 Å². The summed E-state index contributed by atoms with van der Waals surface area (Å²) in [4.78, 5) is 7.17. The van der Waals surface area contributed by atoms with Crippen LogP contribution in [0.3, 0.4) is 0 Å². The van der Waals surface area contributed by atoms with Gasteiger partial charge in [0.2, 0.25) is 0 Å². The van der Waals surface area contributed by atoms with Gasteiger partial charge in [-0.05, 0) is 25.1 Å². The fourth-order valence-electron chi connectivity index (χ4n) is 1.41. The third kappa shape index (κ3) is 1.93. The molecule has 2 aromatic rings. The van der Waals surface area contributed by atoms with Gasteiger partial charge in [0.15, 0.2) is 11.6 Å². The number of benzene rings is 1. The van der Waals surface area contributed by atoms with Crippen molar-refractivity contribution in [2.75, 3.05) is 0 Å². The highest BCUT2D eigenvalue weighted by Crippen LogP contribution is 2.20. The average molecular weight is 243 g/mol. The summed E-state index contributed by atoms with van der Waals surface area (Å²) >= 11 is 5.67. The summed E-state index contributed by atoms with van der Waals surface area (Å²) in [5.41, 5.74) is 2.04. The van der Waals surface area contributed by atoms with Crippen LogP contribution in [0.4, 0.5) is 8.78 Å². The fraction of sp³-hybridized carbons (Fsp3) is 0.182. The largest absolute Gasteiger partial charge is 0.342 e. The Morgan fingerprint density at radius 2 is 2.06 bits per heavy atom. The minimum Gasteiger partial charge on any atom is -0.342 e. The molecule has 0 amide bonds. The summed E-state index contributed by atoms with van der Waals surface area (Å²) in [5, 5.41) is 0. The molecule has 0 saturated carbocycles. The molecular formula is C11H9ClF2N2. The van der Waals surface area contributed by atoms with E-state index in [9.17, 15) is 8.78 Å². The predicted octanol–water partition coefficient (Wildman–Crippen LogP) is 3.40. The molecule has 0 aliphatic heterocycles. The molecule has 2 rings (SSSR count). The van der Waals surface area contributed by atoms with E-state index < -0.39 is 11.6 Å². The molecule has 0 bridgehead atoms. The molecule has 2 nitrogen and oxygen atoms in total. The second-order valence-corrected chi connectivity index (χ2v) is 3.69. The molecule has 1 aromatic heterocycles. The molecule has 0 saturated heterocycles. The molecule has 0 aliphatic carbocycles. The van der Waals surface area contributed by atoms with Crippen LogP contribution < -0.4 is 0 Å². The molecule has 84 valence electrons. The molecule has 0 atom stereocenters. The molecule has 0 aliphatic rings. The van der Waals surface area contributed by atoms with Crippen LogP contribution in [0.2, 0.25) is 0 Å². The van der Waals surface area contributed by atoms with Gasteiger partial charge in [-0.1, -0.05) is 0 Å². The number of rotatable bonds is 2. The summed E-state index contributed by atoms with van der Waals surface area (Å²) in [5.74, 6) is -0.984. The lowest BCUT2D eigenvalue weighted by Crippen LogP contribution is -1.87. The third-order valence-electron chi connectivity index (χ3n) is 2.31. The lowest BCUT2D eigenvalue weighted by Gasteiger charge is -1.97. The number of nitrogens with zero attached hydrogens (tertiary/aromatic N) is 1. The minimum atomic E-state index is -0.890. The maximum absolute atomic E-state index is 13.0. The topological polar surface area (TPSA) is 28.7 Å². The van der Waals surface area contributed by atoms with E-state index in [1.54, 1.807) is 0 Å². The minimum absolute atomic E-state index is 0.284. The number of aromatic amines is 1. The second kappa shape index (κ2) is 4.22. The van der Waals surface area contributed by atoms with Crippen LogP contribution in [0.25, 0.3) is 11.4 Å². The fourth-order valence-corrected chi connectivity index (χ4v) is 1.67. The number of halogens is 3. The van der Waals surface area contributed by atoms with Crippen molar-refractivity contribution in [2.24, 2.45) is 0 Å². The van der Waals surface area contributed by atoms with Gasteiger partial charge in [-0.3, -0.25) is 0 Å². The first-order valence-electron chi connectivity index (χ1n) is 4.68. The van der Waals surface area contributed by atoms with Crippen molar-refractivity contribution in [3.05, 3.63) is 41.2 Å². The SMILES string of the molecule is Cc1[nH]c(-c2ccc(F)c(F)c2)nc1CCl. The van der Waals surface area contributed by atoms with E-state index in [0.29, 0.717) is 17.1 Å². The lowest BCUT2D eigenvalue weighted by molar-refractivity contribution is 0.509. The molecule has 1 heterocycles. The third-order valence-corrected chi connectivity index (χ3v) is 2.56. The van der Waals surface area contributed by atoms with E-state index in [2.05, 4.69) is 9.97 Å². The molecule has 0 spiro atoms. The average Bonchev–Trinajstić information content (AvgIpc) is 2.64. The highest BCUT2D eigenvalue weighted by molar-refractivity contribution is 6.17. The highest BCUT2D eigenvalue weighted by Gasteiger charge is 2.09. The summed E-state index contributed by atoms with van der Waals surface area (Å²) in [6, 6.07) is 3.64. The first-order valence-corrected chi connectivity index (χ1v) is 5.22. The molecule has 0 fully saturated rings. The standard InChI is InChI=1S/C11H9ClF2N2/c1-6-10(5-12)16-11(15-6)7-2-3-8(13)9(14)4-7/h2-4H,5H2,1H3,(H,15,16). The number of imidazole rings is 1. The van der Waals surface area contributed by atoms with Crippen molar-refractivity contribution in [1.82, 2.24) is 9.97 Å². The van der Waals surface area contributed by atoms with E-state index in [4.69, 9.17) is 11.6 Å². The van der Waals surface area contributed by atoms with Crippen LogP contribution in [-0.2, 0) is 5.88 Å². The summed E-state index contributed by atoms with van der Waals surface area (Å²) in [6.45, 7) is 1.83. The number of H-pyrrole nitrogens is 1. The Hall–Kier alpha value is -1.42. The number of hydrogen-bond donors (Lipinski definition) is 1. The Kier molecular flexibility index (Phi) is 2.92. The normalized spacial score (nSPS) is 10.8. The van der Waals surface area contributed by atoms with E-state index in [1.807, 2.05) is 6.92 Å². The monoisotopic (exact) mass is 242 g/mol. The summed E-state index contributed by atoms with van der Waals surface area (Å²) in [7, 11) is 0. The maximum Gasteiger partial charge on any atom is 0.159 e. The zero-order valence-corrected chi connectivity index (χ0v) is 9.28. The first kappa shape index (κ1) is 11.1. The predicted molar refractivity (Wildman–Crippen MR) is 58.2 cm³/mol. The quantitative estimate of drug-likeness (QED) is 0.804. The van der Waals surface area contributed by atoms with Crippen molar-refractivity contribution >= 4 is 11.6 Å². The van der Waals surface area contributed by atoms with Crippen LogP contribution in [-0.4, -0.2) is 9.97 Å². The van der Waals surface area contributed by atoms with E-state index in [1.165, 1.54) is 6.07 Å². The molecule has 1 N–H and O–H groups in total. The van der Waals surface area contributed by atoms with E-state index in [0.717, 1.165) is 17.8 Å². The second-order valence-electron chi connectivity index (χ2n) is 3.42. The van der Waals surface area contributed by atoms with Gasteiger partial charge in [0.25, 0.3) is 0 Å².